The van der Waals surface area contributed by atoms with Crippen molar-refractivity contribution in [2.24, 2.45) is 11.3 Å². The predicted octanol–water partition coefficient (Wildman–Crippen LogP) is 5.08. The molecule has 1 aliphatic carbocycles. The van der Waals surface area contributed by atoms with E-state index in [1.54, 1.807) is 12.3 Å². The van der Waals surface area contributed by atoms with E-state index in [9.17, 15) is 20.2 Å². The van der Waals surface area contributed by atoms with Gasteiger partial charge in [0.15, 0.2) is 0 Å². The Morgan fingerprint density at radius 3 is 2.61 bits per heavy atom. The highest BCUT2D eigenvalue weighted by atomic mass is 16.6. The van der Waals surface area contributed by atoms with Gasteiger partial charge in [0.1, 0.15) is 5.69 Å². The van der Waals surface area contributed by atoms with Crippen LogP contribution >= 0.6 is 0 Å². The zero-order valence-electron chi connectivity index (χ0n) is 16.0. The van der Waals surface area contributed by atoms with Gasteiger partial charge < -0.3 is 0 Å². The van der Waals surface area contributed by atoms with Gasteiger partial charge in [-0.05, 0) is 43.4 Å². The zero-order chi connectivity index (χ0) is 20.5. The molecule has 1 aromatic heterocycles. The molecule has 8 nitrogen and oxygen atoms in total. The van der Waals surface area contributed by atoms with E-state index in [0.29, 0.717) is 5.69 Å². The average Bonchev–Trinajstić information content (AvgIpc) is 3.08. The summed E-state index contributed by atoms with van der Waals surface area (Å²) in [5, 5.41) is 26.6. The number of non-ortho nitro benzene ring substituents is 1. The minimum absolute atomic E-state index is 0.125. The van der Waals surface area contributed by atoms with Crippen LogP contribution in [0.15, 0.2) is 48.2 Å². The van der Waals surface area contributed by atoms with Gasteiger partial charge in [-0.1, -0.05) is 31.6 Å². The molecule has 0 N–H and O–H groups in total. The summed E-state index contributed by atoms with van der Waals surface area (Å²) in [6, 6.07) is 5.32. The molecule has 0 aliphatic heterocycles. The molecule has 1 unspecified atom stereocenters. The lowest BCUT2D eigenvalue weighted by atomic mass is 9.68. The molecule has 0 radical (unpaired) electrons. The summed E-state index contributed by atoms with van der Waals surface area (Å²) in [4.78, 5) is 21.1. The van der Waals surface area contributed by atoms with E-state index in [1.807, 2.05) is 6.08 Å². The summed E-state index contributed by atoms with van der Waals surface area (Å²) in [6.07, 6.45) is 9.98. The first-order chi connectivity index (χ1) is 13.2. The number of nitro benzene ring substituents is 2. The van der Waals surface area contributed by atoms with Gasteiger partial charge in [-0.2, -0.15) is 5.10 Å². The third kappa shape index (κ3) is 3.71. The zero-order valence-corrected chi connectivity index (χ0v) is 16.0. The third-order valence-electron chi connectivity index (χ3n) is 5.31. The number of allylic oxidation sites excluding steroid dienone is 3. The molecule has 8 heteroatoms. The Morgan fingerprint density at radius 1 is 1.21 bits per heavy atom. The van der Waals surface area contributed by atoms with Crippen LogP contribution in [0.4, 0.5) is 11.4 Å². The topological polar surface area (TPSA) is 104 Å². The SMILES string of the molecule is CC1=CCCC(C)(C)C1/C=C/c1ccnn1-c1ccc([N+](=O)[O-])cc1[N+](=O)[O-]. The number of hydrogen-bond acceptors (Lipinski definition) is 5. The van der Waals surface area contributed by atoms with Crippen LogP contribution in [0.1, 0.15) is 39.3 Å². The van der Waals surface area contributed by atoms with Crippen molar-refractivity contribution in [3.8, 4) is 5.69 Å². The summed E-state index contributed by atoms with van der Waals surface area (Å²) < 4.78 is 1.44. The van der Waals surface area contributed by atoms with Crippen LogP contribution in [0.25, 0.3) is 11.8 Å². The van der Waals surface area contributed by atoms with E-state index in [1.165, 1.54) is 22.4 Å². The van der Waals surface area contributed by atoms with Crippen LogP contribution < -0.4 is 0 Å². The maximum atomic E-state index is 11.5. The van der Waals surface area contributed by atoms with Crippen LogP contribution in [-0.4, -0.2) is 19.6 Å². The first-order valence-electron chi connectivity index (χ1n) is 9.03. The number of aromatic nitrogens is 2. The Bertz CT molecular complexity index is 988. The molecule has 1 aliphatic rings. The van der Waals surface area contributed by atoms with E-state index in [4.69, 9.17) is 0 Å². The highest BCUT2D eigenvalue weighted by Gasteiger charge is 2.31. The molecule has 0 saturated heterocycles. The molecule has 2 aromatic rings. The van der Waals surface area contributed by atoms with E-state index >= 15 is 0 Å². The van der Waals surface area contributed by atoms with Gasteiger partial charge in [-0.25, -0.2) is 4.68 Å². The fraction of sp³-hybridized carbons (Fsp3) is 0.350. The van der Waals surface area contributed by atoms with Gasteiger partial charge in [0.2, 0.25) is 0 Å². The van der Waals surface area contributed by atoms with Gasteiger partial charge in [0.05, 0.1) is 27.8 Å². The van der Waals surface area contributed by atoms with E-state index in [-0.39, 0.29) is 28.4 Å². The summed E-state index contributed by atoms with van der Waals surface area (Å²) in [5.41, 5.74) is 1.60. The standard InChI is InChI=1S/C20H22N4O4/c1-14-5-4-11-20(2,3)17(14)8-6-15-10-12-21-22(15)18-9-7-16(23(25)26)13-19(18)24(27)28/h5-10,12-13,17H,4,11H2,1-3H3/b8-6+. The molecule has 28 heavy (non-hydrogen) atoms. The van der Waals surface area contributed by atoms with Gasteiger partial charge in [-0.3, -0.25) is 20.2 Å². The Kier molecular flexibility index (Phi) is 5.13. The second-order valence-corrected chi connectivity index (χ2v) is 7.67. The second kappa shape index (κ2) is 7.38. The van der Waals surface area contributed by atoms with E-state index in [2.05, 4.69) is 38.0 Å². The number of hydrogen-bond donors (Lipinski definition) is 0. The highest BCUT2D eigenvalue weighted by Crippen LogP contribution is 2.42. The lowest BCUT2D eigenvalue weighted by molar-refractivity contribution is -0.394. The van der Waals surface area contributed by atoms with Crippen LogP contribution in [0.5, 0.6) is 0 Å². The Labute approximate surface area is 162 Å². The molecule has 1 heterocycles. The fourth-order valence-corrected chi connectivity index (χ4v) is 3.77. The Morgan fingerprint density at radius 2 is 1.96 bits per heavy atom. The second-order valence-electron chi connectivity index (χ2n) is 7.67. The van der Waals surface area contributed by atoms with Crippen LogP contribution in [0, 0.1) is 31.6 Å². The predicted molar refractivity (Wildman–Crippen MR) is 106 cm³/mol. The van der Waals surface area contributed by atoms with Gasteiger partial charge in [0.25, 0.3) is 5.69 Å². The number of nitrogens with zero attached hydrogens (tertiary/aromatic N) is 4. The van der Waals surface area contributed by atoms with Crippen molar-refractivity contribution in [3.05, 3.63) is 74.1 Å². The molecule has 0 spiro atoms. The summed E-state index contributed by atoms with van der Waals surface area (Å²) >= 11 is 0. The summed E-state index contributed by atoms with van der Waals surface area (Å²) in [7, 11) is 0. The largest absolute Gasteiger partial charge is 0.301 e. The molecule has 3 rings (SSSR count). The highest BCUT2D eigenvalue weighted by molar-refractivity contribution is 5.60. The van der Waals surface area contributed by atoms with Crippen LogP contribution in [0.3, 0.4) is 0 Å². The Hall–Kier alpha value is -3.29. The molecule has 0 fully saturated rings. The third-order valence-corrected chi connectivity index (χ3v) is 5.31. The van der Waals surface area contributed by atoms with Gasteiger partial charge in [-0.15, -0.1) is 0 Å². The molecule has 0 saturated carbocycles. The van der Waals surface area contributed by atoms with E-state index in [0.717, 1.165) is 18.9 Å². The van der Waals surface area contributed by atoms with Crippen LogP contribution in [0.2, 0.25) is 0 Å². The quantitative estimate of drug-likeness (QED) is 0.407. The first-order valence-corrected chi connectivity index (χ1v) is 9.03. The van der Waals surface area contributed by atoms with Crippen molar-refractivity contribution in [2.45, 2.75) is 33.6 Å². The van der Waals surface area contributed by atoms with Crippen LogP contribution in [-0.2, 0) is 0 Å². The van der Waals surface area contributed by atoms with E-state index < -0.39 is 9.85 Å². The molecule has 146 valence electrons. The van der Waals surface area contributed by atoms with Crippen molar-refractivity contribution < 1.29 is 9.85 Å². The molecule has 0 amide bonds. The maximum absolute atomic E-state index is 11.5. The fourth-order valence-electron chi connectivity index (χ4n) is 3.77. The monoisotopic (exact) mass is 382 g/mol. The number of nitro groups is 2. The lowest BCUT2D eigenvalue weighted by Crippen LogP contribution is -2.26. The first kappa shape index (κ1) is 19.5. The van der Waals surface area contributed by atoms with Crippen molar-refractivity contribution in [1.82, 2.24) is 9.78 Å². The summed E-state index contributed by atoms with van der Waals surface area (Å²) in [6.45, 7) is 6.59. The van der Waals surface area contributed by atoms with Gasteiger partial charge >= 0.3 is 5.69 Å². The van der Waals surface area contributed by atoms with Crippen molar-refractivity contribution >= 4 is 17.5 Å². The smallest absolute Gasteiger partial charge is 0.258 e. The lowest BCUT2D eigenvalue weighted by Gasteiger charge is -2.36. The normalized spacial score (nSPS) is 18.8. The summed E-state index contributed by atoms with van der Waals surface area (Å²) in [5.74, 6) is 0.261. The molecule has 1 aromatic carbocycles. The van der Waals surface area contributed by atoms with Crippen molar-refractivity contribution in [3.63, 3.8) is 0 Å². The number of rotatable bonds is 5. The molecular formula is C20H22N4O4. The number of benzene rings is 1. The minimum atomic E-state index is -0.652. The van der Waals surface area contributed by atoms with Crippen molar-refractivity contribution in [2.75, 3.05) is 0 Å². The minimum Gasteiger partial charge on any atom is -0.258 e. The van der Waals surface area contributed by atoms with Gasteiger partial charge in [0, 0.05) is 12.0 Å². The molecule has 1 atom stereocenters. The molecule has 0 bridgehead atoms. The molecular weight excluding hydrogens is 360 g/mol. The Balaban J connectivity index is 2.01. The average molecular weight is 382 g/mol. The maximum Gasteiger partial charge on any atom is 0.301 e. The van der Waals surface area contributed by atoms with Crippen molar-refractivity contribution in [1.29, 1.82) is 0 Å².